The van der Waals surface area contributed by atoms with Gasteiger partial charge >= 0.3 is 0 Å². The summed E-state index contributed by atoms with van der Waals surface area (Å²) < 4.78 is 13.1. The number of piperidine rings is 2. The molecule has 0 aliphatic carbocycles. The predicted molar refractivity (Wildman–Crippen MR) is 152 cm³/mol. The molecule has 38 heavy (non-hydrogen) atoms. The Morgan fingerprint density at radius 2 is 1.45 bits per heavy atom. The Kier molecular flexibility index (Phi) is 7.64. The van der Waals surface area contributed by atoms with E-state index in [-0.39, 0.29) is 17.2 Å². The minimum Gasteiger partial charge on any atom is -0.373 e. The van der Waals surface area contributed by atoms with Crippen molar-refractivity contribution in [1.29, 1.82) is 0 Å². The number of benzene rings is 2. The van der Waals surface area contributed by atoms with Crippen molar-refractivity contribution in [3.05, 3.63) is 71.8 Å². The van der Waals surface area contributed by atoms with Crippen LogP contribution in [0, 0.1) is 11.8 Å². The summed E-state index contributed by atoms with van der Waals surface area (Å²) in [6.07, 6.45) is 4.10. The third-order valence-electron chi connectivity index (χ3n) is 10.5. The summed E-state index contributed by atoms with van der Waals surface area (Å²) in [5.74, 6) is 1.56. The van der Waals surface area contributed by atoms with E-state index in [2.05, 4.69) is 90.3 Å². The van der Waals surface area contributed by atoms with Gasteiger partial charge < -0.3 is 20.5 Å². The first kappa shape index (κ1) is 26.4. The van der Waals surface area contributed by atoms with Crippen LogP contribution in [-0.4, -0.2) is 67.7 Å². The zero-order valence-electron chi connectivity index (χ0n) is 23.1. The van der Waals surface area contributed by atoms with Crippen LogP contribution in [0.4, 0.5) is 0 Å². The molecule has 0 aromatic heterocycles. The highest BCUT2D eigenvalue weighted by Gasteiger charge is 2.57. The maximum atomic E-state index is 6.85. The zero-order chi connectivity index (χ0) is 26.2. The highest BCUT2D eigenvalue weighted by Crippen LogP contribution is 2.52. The molecule has 0 radical (unpaired) electrons. The Balaban J connectivity index is 1.20. The van der Waals surface area contributed by atoms with Crippen LogP contribution in [-0.2, 0) is 9.47 Å². The zero-order valence-corrected chi connectivity index (χ0v) is 23.1. The molecule has 4 fully saturated rings. The topological polar surface area (TPSA) is 71.8 Å². The van der Waals surface area contributed by atoms with Crippen molar-refractivity contribution >= 4 is 0 Å². The quantitative estimate of drug-likeness (QED) is 0.490. The Morgan fingerprint density at radius 3 is 1.97 bits per heavy atom. The second-order valence-corrected chi connectivity index (χ2v) is 12.0. The third-order valence-corrected chi connectivity index (χ3v) is 10.5. The van der Waals surface area contributed by atoms with Crippen LogP contribution in [0.5, 0.6) is 0 Å². The Morgan fingerprint density at radius 1 is 0.868 bits per heavy atom. The third kappa shape index (κ3) is 4.43. The largest absolute Gasteiger partial charge is 0.373 e. The van der Waals surface area contributed by atoms with Crippen molar-refractivity contribution < 1.29 is 9.47 Å². The van der Waals surface area contributed by atoms with E-state index in [0.717, 1.165) is 65.1 Å². The number of nitrogens with zero attached hydrogens (tertiary/aromatic N) is 1. The molecule has 6 nitrogen and oxygen atoms in total. The van der Waals surface area contributed by atoms with Gasteiger partial charge in [0, 0.05) is 55.4 Å². The first-order valence-corrected chi connectivity index (χ1v) is 15.0. The van der Waals surface area contributed by atoms with Gasteiger partial charge in [-0.1, -0.05) is 74.5 Å². The van der Waals surface area contributed by atoms with Crippen LogP contribution in [0.25, 0.3) is 0 Å². The van der Waals surface area contributed by atoms with Crippen molar-refractivity contribution in [2.75, 3.05) is 39.4 Å². The summed E-state index contributed by atoms with van der Waals surface area (Å²) in [4.78, 5) is 0. The molecule has 4 N–H and O–H groups in total. The molecule has 6 rings (SSSR count). The molecule has 206 valence electrons. The number of nitrogens with two attached hydrogens (primary N) is 1. The Hall–Kier alpha value is -1.80. The normalized spacial score (nSPS) is 39.8. The van der Waals surface area contributed by atoms with Gasteiger partial charge in [0.05, 0.1) is 24.4 Å². The van der Waals surface area contributed by atoms with Crippen LogP contribution >= 0.6 is 0 Å². The molecule has 2 aromatic carbocycles. The Bertz CT molecular complexity index is 1050. The van der Waals surface area contributed by atoms with Gasteiger partial charge in [-0.25, -0.2) is 5.01 Å². The lowest BCUT2D eigenvalue weighted by Crippen LogP contribution is -2.70. The van der Waals surface area contributed by atoms with Gasteiger partial charge in [0.2, 0.25) is 0 Å². The van der Waals surface area contributed by atoms with E-state index >= 15 is 0 Å². The van der Waals surface area contributed by atoms with Crippen LogP contribution in [0.2, 0.25) is 0 Å². The first-order valence-electron chi connectivity index (χ1n) is 15.0. The lowest BCUT2D eigenvalue weighted by Gasteiger charge is -2.59. The average Bonchev–Trinajstić information content (AvgIpc) is 2.92. The van der Waals surface area contributed by atoms with Gasteiger partial charge in [0.15, 0.2) is 0 Å². The minimum absolute atomic E-state index is 0.127. The van der Waals surface area contributed by atoms with Crippen molar-refractivity contribution in [3.8, 4) is 0 Å². The van der Waals surface area contributed by atoms with E-state index in [1.165, 1.54) is 11.1 Å². The molecule has 0 spiro atoms. The second-order valence-electron chi connectivity index (χ2n) is 12.0. The average molecular weight is 519 g/mol. The monoisotopic (exact) mass is 518 g/mol. The van der Waals surface area contributed by atoms with Gasteiger partial charge in [-0.05, 0) is 43.4 Å². The molecule has 4 aliphatic heterocycles. The highest BCUT2D eigenvalue weighted by molar-refractivity contribution is 5.29. The molecule has 2 aromatic rings. The van der Waals surface area contributed by atoms with E-state index < -0.39 is 0 Å². The van der Waals surface area contributed by atoms with E-state index in [0.29, 0.717) is 29.7 Å². The predicted octanol–water partition coefficient (Wildman–Crippen LogP) is 4.04. The number of hydrogen-bond donors (Lipinski definition) is 3. The van der Waals surface area contributed by atoms with Crippen LogP contribution < -0.4 is 16.5 Å². The van der Waals surface area contributed by atoms with Gasteiger partial charge in [0.25, 0.3) is 0 Å². The van der Waals surface area contributed by atoms with Crippen LogP contribution in [0.3, 0.4) is 0 Å². The van der Waals surface area contributed by atoms with Crippen molar-refractivity contribution in [2.24, 2.45) is 17.6 Å². The van der Waals surface area contributed by atoms with E-state index in [9.17, 15) is 0 Å². The molecule has 0 saturated carbocycles. The summed E-state index contributed by atoms with van der Waals surface area (Å²) in [6.45, 7) is 10.1. The smallest absolute Gasteiger partial charge is 0.0826 e. The van der Waals surface area contributed by atoms with E-state index in [1.54, 1.807) is 0 Å². The SMILES string of the molecule is CCC1(C2CN(NC3CCNCC3C3(CC)OCC3c3ccccc3)CCC2N)OCC1c1ccccc1. The summed E-state index contributed by atoms with van der Waals surface area (Å²) in [6, 6.07) is 22.4. The lowest BCUT2D eigenvalue weighted by molar-refractivity contribution is -0.225. The lowest BCUT2D eigenvalue weighted by atomic mass is 9.64. The number of hydrogen-bond acceptors (Lipinski definition) is 6. The summed E-state index contributed by atoms with van der Waals surface area (Å²) >= 11 is 0. The van der Waals surface area contributed by atoms with E-state index in [1.807, 2.05) is 0 Å². The van der Waals surface area contributed by atoms with E-state index in [4.69, 9.17) is 15.2 Å². The fourth-order valence-corrected chi connectivity index (χ4v) is 8.21. The second kappa shape index (κ2) is 11.0. The number of ether oxygens (including phenoxy) is 2. The molecule has 8 unspecified atom stereocenters. The molecule has 0 amide bonds. The summed E-state index contributed by atoms with van der Waals surface area (Å²) in [5, 5.41) is 6.18. The summed E-state index contributed by atoms with van der Waals surface area (Å²) in [5.41, 5.74) is 13.4. The fourth-order valence-electron chi connectivity index (χ4n) is 8.21. The molecule has 4 aliphatic rings. The fraction of sp³-hybridized carbons (Fsp3) is 0.625. The standard InChI is InChI=1S/C32H46N4O2/c1-3-31(27(21-37-31)23-11-7-5-8-12-23)25-19-34-17-15-30(25)35-36-18-16-29(33)26(20-36)32(4-2)28(22-38-32)24-13-9-6-10-14-24/h5-14,25-30,34-35H,3-4,15-22,33H2,1-2H3. The molecular formula is C32H46N4O2. The van der Waals surface area contributed by atoms with Crippen molar-refractivity contribution in [2.45, 2.75) is 74.7 Å². The molecule has 0 bridgehead atoms. The van der Waals surface area contributed by atoms with Gasteiger partial charge in [-0.3, -0.25) is 5.43 Å². The number of nitrogens with one attached hydrogen (secondary N) is 2. The van der Waals surface area contributed by atoms with Gasteiger partial charge in [-0.15, -0.1) is 0 Å². The van der Waals surface area contributed by atoms with Gasteiger partial charge in [0.1, 0.15) is 0 Å². The summed E-state index contributed by atoms with van der Waals surface area (Å²) in [7, 11) is 0. The number of rotatable bonds is 8. The molecular weight excluding hydrogens is 472 g/mol. The highest BCUT2D eigenvalue weighted by atomic mass is 16.5. The Labute approximate surface area is 228 Å². The maximum Gasteiger partial charge on any atom is 0.0826 e. The van der Waals surface area contributed by atoms with Crippen LogP contribution in [0.1, 0.15) is 62.5 Å². The molecule has 4 saturated heterocycles. The first-order chi connectivity index (χ1) is 18.6. The van der Waals surface area contributed by atoms with Gasteiger partial charge in [-0.2, -0.15) is 0 Å². The molecule has 4 heterocycles. The minimum atomic E-state index is -0.186. The molecule has 8 atom stereocenters. The van der Waals surface area contributed by atoms with Crippen LogP contribution in [0.15, 0.2) is 60.7 Å². The maximum absolute atomic E-state index is 6.85. The van der Waals surface area contributed by atoms with Crippen molar-refractivity contribution in [1.82, 2.24) is 15.8 Å². The number of hydrazine groups is 1. The van der Waals surface area contributed by atoms with Crippen molar-refractivity contribution in [3.63, 3.8) is 0 Å². The molecule has 6 heteroatoms.